The van der Waals surface area contributed by atoms with E-state index < -0.39 is 23.2 Å². The highest BCUT2D eigenvalue weighted by atomic mass is 19.4. The number of morpholine rings is 1. The minimum atomic E-state index is -4.55. The van der Waals surface area contributed by atoms with Gasteiger partial charge in [0.15, 0.2) is 0 Å². The van der Waals surface area contributed by atoms with E-state index in [1.807, 2.05) is 6.07 Å². The molecule has 11 heteroatoms. The molecule has 38 heavy (non-hydrogen) atoms. The first kappa shape index (κ1) is 25.6. The lowest BCUT2D eigenvalue weighted by atomic mass is 10.1. The Bertz CT molecular complexity index is 1560. The second-order valence-electron chi connectivity index (χ2n) is 9.00. The Hall–Kier alpha value is -4.09. The lowest BCUT2D eigenvalue weighted by molar-refractivity contribution is -0.137. The van der Waals surface area contributed by atoms with Gasteiger partial charge >= 0.3 is 6.18 Å². The first-order valence-electron chi connectivity index (χ1n) is 11.9. The summed E-state index contributed by atoms with van der Waals surface area (Å²) in [6.07, 6.45) is -1.30. The summed E-state index contributed by atoms with van der Waals surface area (Å²) >= 11 is 0. The molecule has 1 N–H and O–H groups in total. The van der Waals surface area contributed by atoms with Crippen molar-refractivity contribution in [1.29, 1.82) is 0 Å². The molecule has 1 saturated heterocycles. The summed E-state index contributed by atoms with van der Waals surface area (Å²) in [6.45, 7) is 3.61. The van der Waals surface area contributed by atoms with Crippen molar-refractivity contribution >= 4 is 22.5 Å². The lowest BCUT2D eigenvalue weighted by Crippen LogP contribution is -2.35. The van der Waals surface area contributed by atoms with Crippen LogP contribution in [0.5, 0.6) is 0 Å². The highest BCUT2D eigenvalue weighted by Crippen LogP contribution is 2.32. The molecule has 0 spiro atoms. The minimum absolute atomic E-state index is 0.0167. The van der Waals surface area contributed by atoms with Crippen molar-refractivity contribution in [2.75, 3.05) is 31.6 Å². The van der Waals surface area contributed by atoms with Crippen LogP contribution in [0.3, 0.4) is 0 Å². The van der Waals surface area contributed by atoms with Crippen LogP contribution in [-0.4, -0.2) is 51.6 Å². The maximum atomic E-state index is 13.3. The monoisotopic (exact) mass is 523 g/mol. The molecular formula is C27H24F3N5O3. The molecule has 0 aliphatic carbocycles. The summed E-state index contributed by atoms with van der Waals surface area (Å²) in [5.41, 5.74) is 0.369. The van der Waals surface area contributed by atoms with Crippen molar-refractivity contribution in [3.8, 4) is 11.4 Å². The van der Waals surface area contributed by atoms with Gasteiger partial charge in [0.2, 0.25) is 0 Å². The summed E-state index contributed by atoms with van der Waals surface area (Å²) in [7, 11) is 1.43. The van der Waals surface area contributed by atoms with Crippen molar-refractivity contribution in [3.63, 3.8) is 0 Å². The van der Waals surface area contributed by atoms with E-state index in [0.29, 0.717) is 25.4 Å². The summed E-state index contributed by atoms with van der Waals surface area (Å²) < 4.78 is 46.5. The second-order valence-corrected chi connectivity index (χ2v) is 9.00. The fourth-order valence-electron chi connectivity index (χ4n) is 4.43. The maximum absolute atomic E-state index is 13.3. The molecule has 8 nitrogen and oxygen atoms in total. The van der Waals surface area contributed by atoms with Crippen LogP contribution < -0.4 is 10.9 Å². The average molecular weight is 524 g/mol. The molecule has 1 aliphatic rings. The standard InChI is InChI=1S/C27H24F3N5O3/c1-34-24(18-4-2-5-19(13-18)27(28,29)30)33-23-21(6-3-7-22(23)26(34)37)25(36)32-20-12-17(14-31-15-20)16-35-8-10-38-11-9-35/h2-7,12-15H,8-11,16H2,1H3,(H,32,36). The van der Waals surface area contributed by atoms with Gasteiger partial charge < -0.3 is 10.1 Å². The molecule has 0 unspecified atom stereocenters. The smallest absolute Gasteiger partial charge is 0.379 e. The van der Waals surface area contributed by atoms with E-state index in [1.165, 1.54) is 42.1 Å². The number of anilines is 1. The Morgan fingerprint density at radius 1 is 1.08 bits per heavy atom. The number of pyridine rings is 1. The molecule has 3 heterocycles. The predicted octanol–water partition coefficient (Wildman–Crippen LogP) is 4.10. The Labute approximate surface area is 215 Å². The molecule has 1 amide bonds. The van der Waals surface area contributed by atoms with Gasteiger partial charge in [-0.2, -0.15) is 13.2 Å². The van der Waals surface area contributed by atoms with E-state index in [9.17, 15) is 22.8 Å². The molecule has 0 saturated carbocycles. The zero-order chi connectivity index (χ0) is 26.9. The van der Waals surface area contributed by atoms with Crippen molar-refractivity contribution in [1.82, 2.24) is 19.4 Å². The van der Waals surface area contributed by atoms with E-state index in [2.05, 4.69) is 20.2 Å². The highest BCUT2D eigenvalue weighted by molar-refractivity contribution is 6.11. The Morgan fingerprint density at radius 2 is 1.84 bits per heavy atom. The van der Waals surface area contributed by atoms with Gasteiger partial charge in [0, 0.05) is 38.4 Å². The van der Waals surface area contributed by atoms with E-state index in [-0.39, 0.29) is 27.9 Å². The van der Waals surface area contributed by atoms with Crippen LogP contribution >= 0.6 is 0 Å². The highest BCUT2D eigenvalue weighted by Gasteiger charge is 2.31. The first-order chi connectivity index (χ1) is 18.2. The number of rotatable bonds is 5. The van der Waals surface area contributed by atoms with Gasteiger partial charge in [-0.15, -0.1) is 0 Å². The zero-order valence-electron chi connectivity index (χ0n) is 20.5. The van der Waals surface area contributed by atoms with E-state index in [4.69, 9.17) is 4.74 Å². The van der Waals surface area contributed by atoms with Gasteiger partial charge in [0.05, 0.1) is 47.1 Å². The molecule has 5 rings (SSSR count). The van der Waals surface area contributed by atoms with Crippen LogP contribution in [0.15, 0.2) is 65.7 Å². The van der Waals surface area contributed by atoms with Crippen molar-refractivity contribution in [3.05, 3.63) is 88.0 Å². The number of halogens is 3. The number of carbonyl (C=O) groups excluding carboxylic acids is 1. The number of fused-ring (bicyclic) bond motifs is 1. The van der Waals surface area contributed by atoms with Crippen LogP contribution in [0.25, 0.3) is 22.3 Å². The number of benzene rings is 2. The lowest BCUT2D eigenvalue weighted by Gasteiger charge is -2.26. The molecule has 1 aliphatic heterocycles. The molecule has 4 aromatic rings. The van der Waals surface area contributed by atoms with Gasteiger partial charge in [0.1, 0.15) is 5.82 Å². The van der Waals surface area contributed by atoms with E-state index >= 15 is 0 Å². The summed E-state index contributed by atoms with van der Waals surface area (Å²) in [5, 5.41) is 2.98. The van der Waals surface area contributed by atoms with Crippen LogP contribution in [0.4, 0.5) is 18.9 Å². The molecule has 0 atom stereocenters. The number of carbonyl (C=O) groups is 1. The number of amides is 1. The number of alkyl halides is 3. The normalized spacial score (nSPS) is 14.5. The summed E-state index contributed by atoms with van der Waals surface area (Å²) in [6, 6.07) is 11.0. The summed E-state index contributed by atoms with van der Waals surface area (Å²) in [4.78, 5) is 37.4. The molecule has 0 bridgehead atoms. The molecule has 1 fully saturated rings. The van der Waals surface area contributed by atoms with E-state index in [1.54, 1.807) is 12.3 Å². The van der Waals surface area contributed by atoms with Gasteiger partial charge in [-0.3, -0.25) is 24.0 Å². The Balaban J connectivity index is 1.49. The van der Waals surface area contributed by atoms with E-state index in [0.717, 1.165) is 30.8 Å². The molecule has 2 aromatic carbocycles. The number of nitrogens with zero attached hydrogens (tertiary/aromatic N) is 4. The third kappa shape index (κ3) is 5.29. The number of hydrogen-bond donors (Lipinski definition) is 1. The molecular weight excluding hydrogens is 499 g/mol. The molecule has 196 valence electrons. The maximum Gasteiger partial charge on any atom is 0.416 e. The van der Waals surface area contributed by atoms with Crippen molar-refractivity contribution in [2.45, 2.75) is 12.7 Å². The fourth-order valence-corrected chi connectivity index (χ4v) is 4.43. The van der Waals surface area contributed by atoms with Crippen LogP contribution in [-0.2, 0) is 24.5 Å². The average Bonchev–Trinajstić information content (AvgIpc) is 2.91. The molecule has 2 aromatic heterocycles. The van der Waals surface area contributed by atoms with Crippen molar-refractivity contribution < 1.29 is 22.7 Å². The van der Waals surface area contributed by atoms with Crippen LogP contribution in [0.1, 0.15) is 21.5 Å². The Kier molecular flexibility index (Phi) is 6.96. The number of ether oxygens (including phenoxy) is 1. The largest absolute Gasteiger partial charge is 0.416 e. The van der Waals surface area contributed by atoms with Crippen LogP contribution in [0.2, 0.25) is 0 Å². The quantitative estimate of drug-likeness (QED) is 0.424. The number of para-hydroxylation sites is 1. The van der Waals surface area contributed by atoms with Crippen molar-refractivity contribution in [2.24, 2.45) is 7.05 Å². The number of aromatic nitrogens is 3. The Morgan fingerprint density at radius 3 is 2.61 bits per heavy atom. The minimum Gasteiger partial charge on any atom is -0.379 e. The van der Waals surface area contributed by atoms with Crippen LogP contribution in [0, 0.1) is 0 Å². The first-order valence-corrected chi connectivity index (χ1v) is 11.9. The van der Waals surface area contributed by atoms with Gasteiger partial charge in [-0.1, -0.05) is 18.2 Å². The third-order valence-electron chi connectivity index (χ3n) is 6.36. The van der Waals surface area contributed by atoms with Gasteiger partial charge in [-0.25, -0.2) is 4.98 Å². The number of hydrogen-bond acceptors (Lipinski definition) is 6. The molecule has 0 radical (unpaired) electrons. The van der Waals surface area contributed by atoms with Gasteiger partial charge in [-0.05, 0) is 35.9 Å². The summed E-state index contributed by atoms with van der Waals surface area (Å²) in [5.74, 6) is -0.500. The van der Waals surface area contributed by atoms with Gasteiger partial charge in [0.25, 0.3) is 11.5 Å². The SMILES string of the molecule is Cn1c(-c2cccc(C(F)(F)F)c2)nc2c(C(=O)Nc3cncc(CN4CCOCC4)c3)cccc2c1=O. The third-order valence-corrected chi connectivity index (χ3v) is 6.36. The topological polar surface area (TPSA) is 89.3 Å². The second kappa shape index (κ2) is 10.3. The number of nitrogens with one attached hydrogen (secondary N) is 1. The fraction of sp³-hybridized carbons (Fsp3) is 0.259. The zero-order valence-corrected chi connectivity index (χ0v) is 20.5. The predicted molar refractivity (Wildman–Crippen MR) is 136 cm³/mol.